The number of guanidine groups is 1. The highest BCUT2D eigenvalue weighted by Gasteiger charge is 2.10. The van der Waals surface area contributed by atoms with Crippen molar-refractivity contribution in [2.24, 2.45) is 16.5 Å². The molecule has 1 unspecified atom stereocenters. The summed E-state index contributed by atoms with van der Waals surface area (Å²) in [5.74, 6) is -0.998. The first-order chi connectivity index (χ1) is 9.95. The van der Waals surface area contributed by atoms with E-state index in [2.05, 4.69) is 9.71 Å². The second-order valence-electron chi connectivity index (χ2n) is 4.05. The van der Waals surface area contributed by atoms with Gasteiger partial charge >= 0.3 is 0 Å². The van der Waals surface area contributed by atoms with E-state index >= 15 is 0 Å². The van der Waals surface area contributed by atoms with Crippen molar-refractivity contribution in [1.29, 1.82) is 0 Å². The van der Waals surface area contributed by atoms with Gasteiger partial charge in [-0.15, -0.1) is 0 Å². The van der Waals surface area contributed by atoms with E-state index in [-0.39, 0.29) is 17.2 Å². The fourth-order valence-corrected chi connectivity index (χ4v) is 2.05. The predicted molar refractivity (Wildman–Crippen MR) is 80.3 cm³/mol. The highest BCUT2D eigenvalue weighted by Crippen LogP contribution is 2.19. The maximum absolute atomic E-state index is 11.9. The Balaban J connectivity index is 2.49. The van der Waals surface area contributed by atoms with Gasteiger partial charge in [0.05, 0.1) is 5.69 Å². The second kappa shape index (κ2) is 6.20. The van der Waals surface area contributed by atoms with Crippen LogP contribution in [0.1, 0.15) is 10.4 Å². The molecular weight excluding hydrogens is 294 g/mol. The Hall–Kier alpha value is -2.65. The molecule has 0 saturated carbocycles. The summed E-state index contributed by atoms with van der Waals surface area (Å²) in [6.07, 6.45) is 3.54. The third-order valence-corrected chi connectivity index (χ3v) is 2.91. The van der Waals surface area contributed by atoms with Crippen molar-refractivity contribution >= 4 is 28.8 Å². The third kappa shape index (κ3) is 3.91. The van der Waals surface area contributed by atoms with Crippen LogP contribution in [-0.4, -0.2) is 25.2 Å². The molecule has 0 bridgehead atoms. The van der Waals surface area contributed by atoms with Crippen LogP contribution < -0.4 is 16.2 Å². The molecule has 1 heterocycles. The molecule has 0 aliphatic carbocycles. The van der Waals surface area contributed by atoms with Gasteiger partial charge in [-0.1, -0.05) is 0 Å². The van der Waals surface area contributed by atoms with E-state index in [1.165, 1.54) is 6.07 Å². The number of hydrogen-bond acceptors (Lipinski definition) is 2. The van der Waals surface area contributed by atoms with Gasteiger partial charge in [0.15, 0.2) is 5.96 Å². The van der Waals surface area contributed by atoms with Gasteiger partial charge in [-0.25, -0.2) is 4.21 Å². The van der Waals surface area contributed by atoms with Gasteiger partial charge in [0.25, 0.3) is 17.2 Å². The smallest absolute Gasteiger partial charge is 0.280 e. The Morgan fingerprint density at radius 3 is 2.48 bits per heavy atom. The fraction of sp³-hybridized carbons (Fsp3) is 0. The summed E-state index contributed by atoms with van der Waals surface area (Å²) >= 11 is -2.26. The topological polar surface area (TPSA) is 136 Å². The quantitative estimate of drug-likeness (QED) is 0.369. The average Bonchev–Trinajstić information content (AvgIpc) is 2.90. The number of aliphatic imine (C=N–C) groups is 1. The van der Waals surface area contributed by atoms with Crippen molar-refractivity contribution in [3.8, 4) is 5.69 Å². The molecule has 0 radical (unpaired) electrons. The Bertz CT molecular complexity index is 708. The lowest BCUT2D eigenvalue weighted by molar-refractivity contribution is 0.100. The summed E-state index contributed by atoms with van der Waals surface area (Å²) in [5, 5.41) is 0. The molecule has 6 N–H and O–H groups in total. The van der Waals surface area contributed by atoms with E-state index in [1.54, 1.807) is 29.1 Å². The molecule has 2 aromatic rings. The first-order valence-corrected chi connectivity index (χ1v) is 6.86. The van der Waals surface area contributed by atoms with Crippen molar-refractivity contribution in [2.45, 2.75) is 0 Å². The summed E-state index contributed by atoms with van der Waals surface area (Å²) in [6.45, 7) is 0. The first kappa shape index (κ1) is 14.8. The highest BCUT2D eigenvalue weighted by atomic mass is 32.2. The zero-order valence-corrected chi connectivity index (χ0v) is 11.6. The molecule has 21 heavy (non-hydrogen) atoms. The van der Waals surface area contributed by atoms with Crippen molar-refractivity contribution in [3.05, 3.63) is 48.3 Å². The van der Waals surface area contributed by atoms with Gasteiger partial charge in [-0.05, 0) is 30.3 Å². The van der Waals surface area contributed by atoms with Crippen LogP contribution in [0.25, 0.3) is 5.69 Å². The molecule has 0 aliphatic heterocycles. The Labute approximate surface area is 122 Å². The van der Waals surface area contributed by atoms with Crippen LogP contribution in [-0.2, 0) is 11.3 Å². The molecule has 1 amide bonds. The number of rotatable bonds is 4. The minimum atomic E-state index is -2.26. The predicted octanol–water partition coefficient (Wildman–Crippen LogP) is 0.440. The van der Waals surface area contributed by atoms with Gasteiger partial charge < -0.3 is 16.0 Å². The summed E-state index contributed by atoms with van der Waals surface area (Å²) in [5.41, 5.74) is 11.4. The first-order valence-electron chi connectivity index (χ1n) is 5.75. The third-order valence-electron chi connectivity index (χ3n) is 2.50. The summed E-state index contributed by atoms with van der Waals surface area (Å²) in [4.78, 5) is 15.3. The Morgan fingerprint density at radius 1 is 1.24 bits per heavy atom. The summed E-state index contributed by atoms with van der Waals surface area (Å²) < 4.78 is 23.8. The minimum Gasteiger partial charge on any atom is -0.370 e. The highest BCUT2D eigenvalue weighted by molar-refractivity contribution is 7.80. The van der Waals surface area contributed by atoms with Gasteiger partial charge in [0.1, 0.15) is 0 Å². The van der Waals surface area contributed by atoms with Crippen LogP contribution in [0.3, 0.4) is 0 Å². The number of nitrogens with zero attached hydrogens (tertiary/aromatic N) is 2. The normalized spacial score (nSPS) is 11.7. The van der Waals surface area contributed by atoms with Crippen LogP contribution >= 0.6 is 0 Å². The monoisotopic (exact) mass is 307 g/mol. The fourth-order valence-electron chi connectivity index (χ4n) is 1.73. The Kier molecular flexibility index (Phi) is 4.36. The van der Waals surface area contributed by atoms with E-state index in [9.17, 15) is 9.00 Å². The van der Waals surface area contributed by atoms with Gasteiger partial charge in [0.2, 0.25) is 0 Å². The number of nitrogens with two attached hydrogens (primary N) is 2. The van der Waals surface area contributed by atoms with E-state index in [0.29, 0.717) is 5.69 Å². The number of benzene rings is 1. The van der Waals surface area contributed by atoms with E-state index in [4.69, 9.17) is 16.0 Å². The summed E-state index contributed by atoms with van der Waals surface area (Å²) in [7, 11) is 0. The molecule has 0 saturated heterocycles. The number of nitrogens with one attached hydrogen (secondary N) is 1. The van der Waals surface area contributed by atoms with Gasteiger partial charge in [-0.3, -0.25) is 14.1 Å². The molecule has 110 valence electrons. The lowest BCUT2D eigenvalue weighted by Gasteiger charge is -2.09. The molecular formula is C12H13N5O3S. The second-order valence-corrected chi connectivity index (χ2v) is 4.75. The van der Waals surface area contributed by atoms with Gasteiger partial charge in [0, 0.05) is 23.6 Å². The molecule has 9 heteroatoms. The lowest BCUT2D eigenvalue weighted by atomic mass is 10.1. The number of aromatic nitrogens is 1. The number of amides is 1. The average molecular weight is 307 g/mol. The van der Waals surface area contributed by atoms with Crippen LogP contribution in [0.15, 0.2) is 47.7 Å². The molecule has 0 spiro atoms. The summed E-state index contributed by atoms with van der Waals surface area (Å²) in [6, 6.07) is 8.18. The standard InChI is InChI=1S/C12H13N5O3S/c13-12(14)15-11(18)8-5-9(16-21(19)20)7-10(6-8)17-3-1-2-4-17/h1-7,16H,(H,19,20)(H4,13,14,15,18). The molecule has 0 fully saturated rings. The largest absolute Gasteiger partial charge is 0.370 e. The van der Waals surface area contributed by atoms with Crippen molar-refractivity contribution in [2.75, 3.05) is 4.72 Å². The Morgan fingerprint density at radius 2 is 1.90 bits per heavy atom. The SMILES string of the molecule is NC(N)=NC(=O)c1cc(NS(=O)O)cc(-n2cccc2)c1. The number of hydrogen-bond donors (Lipinski definition) is 4. The van der Waals surface area contributed by atoms with Crippen molar-refractivity contribution < 1.29 is 13.6 Å². The lowest BCUT2D eigenvalue weighted by Crippen LogP contribution is -2.24. The van der Waals surface area contributed by atoms with E-state index in [1.807, 2.05) is 12.1 Å². The van der Waals surface area contributed by atoms with Crippen LogP contribution in [0.5, 0.6) is 0 Å². The zero-order valence-electron chi connectivity index (χ0n) is 10.8. The van der Waals surface area contributed by atoms with Crippen LogP contribution in [0, 0.1) is 0 Å². The zero-order chi connectivity index (χ0) is 15.4. The molecule has 1 aromatic heterocycles. The molecule has 0 aliphatic rings. The van der Waals surface area contributed by atoms with Crippen molar-refractivity contribution in [1.82, 2.24) is 4.57 Å². The van der Waals surface area contributed by atoms with E-state index in [0.717, 1.165) is 0 Å². The number of carbonyl (C=O) groups excluding carboxylic acids is 1. The van der Waals surface area contributed by atoms with E-state index < -0.39 is 17.2 Å². The molecule has 8 nitrogen and oxygen atoms in total. The molecule has 1 aromatic carbocycles. The number of carbonyl (C=O) groups is 1. The molecule has 2 rings (SSSR count). The van der Waals surface area contributed by atoms with Gasteiger partial charge in [-0.2, -0.15) is 4.99 Å². The minimum absolute atomic E-state index is 0.183. The van der Waals surface area contributed by atoms with Crippen molar-refractivity contribution in [3.63, 3.8) is 0 Å². The van der Waals surface area contributed by atoms with Crippen LogP contribution in [0.4, 0.5) is 5.69 Å². The maximum Gasteiger partial charge on any atom is 0.280 e. The molecule has 1 atom stereocenters. The number of anilines is 1. The van der Waals surface area contributed by atoms with Crippen LogP contribution in [0.2, 0.25) is 0 Å². The maximum atomic E-state index is 11.9.